The minimum Gasteiger partial charge on any atom is -0.310 e. The summed E-state index contributed by atoms with van der Waals surface area (Å²) in [6.07, 6.45) is 2.58. The van der Waals surface area contributed by atoms with Crippen molar-refractivity contribution in [2.75, 3.05) is 6.54 Å². The molecular formula is C11H15BrClN. The average molecular weight is 277 g/mol. The molecule has 78 valence electrons. The van der Waals surface area contributed by atoms with Crippen molar-refractivity contribution in [2.45, 2.75) is 25.8 Å². The summed E-state index contributed by atoms with van der Waals surface area (Å²) < 4.78 is 1.18. The molecule has 1 heterocycles. The molecule has 1 fully saturated rings. The highest BCUT2D eigenvalue weighted by Crippen LogP contribution is 2.27. The normalized spacial score (nSPS) is 20.6. The molecule has 1 aromatic rings. The van der Waals surface area contributed by atoms with Crippen molar-refractivity contribution in [1.82, 2.24) is 5.32 Å². The molecule has 0 radical (unpaired) electrons. The van der Waals surface area contributed by atoms with E-state index in [2.05, 4.69) is 46.4 Å². The first-order valence-electron chi connectivity index (χ1n) is 4.77. The molecule has 1 aromatic carbocycles. The molecule has 1 nitrogen and oxygen atoms in total. The SMILES string of the molecule is Cc1ccc(Br)cc1[C@H]1CCCN1.Cl. The smallest absolute Gasteiger partial charge is 0.0323 e. The van der Waals surface area contributed by atoms with Gasteiger partial charge in [-0.2, -0.15) is 0 Å². The standard InChI is InChI=1S/C11H14BrN.ClH/c1-8-4-5-9(12)7-10(8)11-3-2-6-13-11;/h4-5,7,11,13H,2-3,6H2,1H3;1H/t11-;/m1./s1. The Labute approximate surface area is 99.8 Å². The molecule has 0 unspecified atom stereocenters. The largest absolute Gasteiger partial charge is 0.310 e. The monoisotopic (exact) mass is 275 g/mol. The summed E-state index contributed by atoms with van der Waals surface area (Å²) in [6.45, 7) is 3.35. The Bertz CT molecular complexity index is 308. The lowest BCUT2D eigenvalue weighted by Crippen LogP contribution is -2.13. The van der Waals surface area contributed by atoms with E-state index >= 15 is 0 Å². The summed E-state index contributed by atoms with van der Waals surface area (Å²) in [6, 6.07) is 7.10. The van der Waals surface area contributed by atoms with E-state index in [0.717, 1.165) is 6.54 Å². The number of aryl methyl sites for hydroxylation is 1. The van der Waals surface area contributed by atoms with E-state index in [4.69, 9.17) is 0 Å². The van der Waals surface area contributed by atoms with Gasteiger partial charge in [-0.1, -0.05) is 22.0 Å². The molecule has 1 atom stereocenters. The van der Waals surface area contributed by atoms with Crippen LogP contribution in [0.1, 0.15) is 30.0 Å². The van der Waals surface area contributed by atoms with Crippen LogP contribution in [0.5, 0.6) is 0 Å². The van der Waals surface area contributed by atoms with Gasteiger partial charge in [0, 0.05) is 10.5 Å². The van der Waals surface area contributed by atoms with Crippen molar-refractivity contribution < 1.29 is 0 Å². The van der Waals surface area contributed by atoms with Gasteiger partial charge in [0.2, 0.25) is 0 Å². The van der Waals surface area contributed by atoms with Gasteiger partial charge in [-0.25, -0.2) is 0 Å². The van der Waals surface area contributed by atoms with Crippen LogP contribution < -0.4 is 5.32 Å². The molecule has 2 rings (SSSR count). The second-order valence-electron chi connectivity index (χ2n) is 3.65. The van der Waals surface area contributed by atoms with Gasteiger partial charge in [0.15, 0.2) is 0 Å². The predicted molar refractivity (Wildman–Crippen MR) is 66.1 cm³/mol. The average Bonchev–Trinajstić information content (AvgIpc) is 2.61. The van der Waals surface area contributed by atoms with E-state index in [1.165, 1.54) is 28.4 Å². The fourth-order valence-electron chi connectivity index (χ4n) is 1.94. The van der Waals surface area contributed by atoms with Crippen LogP contribution in [0.4, 0.5) is 0 Å². The Morgan fingerprint density at radius 3 is 2.86 bits per heavy atom. The van der Waals surface area contributed by atoms with E-state index in [0.29, 0.717) is 6.04 Å². The molecule has 0 aromatic heterocycles. The maximum atomic E-state index is 3.52. The second-order valence-corrected chi connectivity index (χ2v) is 4.57. The van der Waals surface area contributed by atoms with Crippen LogP contribution >= 0.6 is 28.3 Å². The lowest BCUT2D eigenvalue weighted by molar-refractivity contribution is 0.643. The van der Waals surface area contributed by atoms with Crippen LogP contribution in [-0.2, 0) is 0 Å². The molecular weight excluding hydrogens is 261 g/mol. The lowest BCUT2D eigenvalue weighted by atomic mass is 10.0. The number of rotatable bonds is 1. The maximum absolute atomic E-state index is 3.52. The minimum absolute atomic E-state index is 0. The Balaban J connectivity index is 0.000000980. The van der Waals surface area contributed by atoms with Crippen molar-refractivity contribution in [3.63, 3.8) is 0 Å². The van der Waals surface area contributed by atoms with E-state index in [-0.39, 0.29) is 12.4 Å². The predicted octanol–water partition coefficient (Wildman–Crippen LogP) is 3.60. The van der Waals surface area contributed by atoms with Crippen molar-refractivity contribution in [2.24, 2.45) is 0 Å². The maximum Gasteiger partial charge on any atom is 0.0323 e. The molecule has 0 amide bonds. The van der Waals surface area contributed by atoms with Gasteiger partial charge in [-0.3, -0.25) is 0 Å². The summed E-state index contributed by atoms with van der Waals surface area (Å²) >= 11 is 3.52. The number of halogens is 2. The van der Waals surface area contributed by atoms with Crippen LogP contribution in [-0.4, -0.2) is 6.54 Å². The molecule has 0 saturated carbocycles. The summed E-state index contributed by atoms with van der Waals surface area (Å²) in [5, 5.41) is 3.52. The molecule has 0 bridgehead atoms. The number of benzene rings is 1. The minimum atomic E-state index is 0. The van der Waals surface area contributed by atoms with Crippen molar-refractivity contribution in [1.29, 1.82) is 0 Å². The molecule has 1 N–H and O–H groups in total. The van der Waals surface area contributed by atoms with Crippen LogP contribution in [0, 0.1) is 6.92 Å². The van der Waals surface area contributed by atoms with Crippen LogP contribution in [0.25, 0.3) is 0 Å². The van der Waals surface area contributed by atoms with Gasteiger partial charge in [-0.15, -0.1) is 12.4 Å². The van der Waals surface area contributed by atoms with Crippen molar-refractivity contribution in [3.8, 4) is 0 Å². The van der Waals surface area contributed by atoms with E-state index in [1.54, 1.807) is 0 Å². The number of hydrogen-bond acceptors (Lipinski definition) is 1. The highest BCUT2D eigenvalue weighted by atomic mass is 79.9. The third-order valence-electron chi connectivity index (χ3n) is 2.68. The fourth-order valence-corrected chi connectivity index (χ4v) is 2.32. The number of hydrogen-bond donors (Lipinski definition) is 1. The first-order valence-corrected chi connectivity index (χ1v) is 5.56. The summed E-state index contributed by atoms with van der Waals surface area (Å²) in [5.41, 5.74) is 2.84. The Kier molecular flexibility index (Phi) is 4.42. The lowest BCUT2D eigenvalue weighted by Gasteiger charge is -2.13. The molecule has 3 heteroatoms. The summed E-state index contributed by atoms with van der Waals surface area (Å²) in [5.74, 6) is 0. The molecule has 1 aliphatic rings. The first-order chi connectivity index (χ1) is 6.27. The van der Waals surface area contributed by atoms with Crippen molar-refractivity contribution in [3.05, 3.63) is 33.8 Å². The zero-order valence-electron chi connectivity index (χ0n) is 8.22. The molecule has 0 aliphatic carbocycles. The van der Waals surface area contributed by atoms with E-state index < -0.39 is 0 Å². The fraction of sp³-hybridized carbons (Fsp3) is 0.455. The Morgan fingerprint density at radius 2 is 2.21 bits per heavy atom. The highest BCUT2D eigenvalue weighted by molar-refractivity contribution is 9.10. The van der Waals surface area contributed by atoms with Gasteiger partial charge in [0.25, 0.3) is 0 Å². The van der Waals surface area contributed by atoms with Crippen LogP contribution in [0.15, 0.2) is 22.7 Å². The summed E-state index contributed by atoms with van der Waals surface area (Å²) in [4.78, 5) is 0. The van der Waals surface area contributed by atoms with Crippen LogP contribution in [0.2, 0.25) is 0 Å². The van der Waals surface area contributed by atoms with Gasteiger partial charge in [0.05, 0.1) is 0 Å². The second kappa shape index (κ2) is 5.15. The van der Waals surface area contributed by atoms with Gasteiger partial charge >= 0.3 is 0 Å². The molecule has 14 heavy (non-hydrogen) atoms. The zero-order valence-corrected chi connectivity index (χ0v) is 10.6. The van der Waals surface area contributed by atoms with Gasteiger partial charge in [0.1, 0.15) is 0 Å². The first kappa shape index (κ1) is 12.0. The zero-order chi connectivity index (χ0) is 9.26. The van der Waals surface area contributed by atoms with Crippen molar-refractivity contribution >= 4 is 28.3 Å². The molecule has 1 saturated heterocycles. The third-order valence-corrected chi connectivity index (χ3v) is 3.17. The third kappa shape index (κ3) is 2.50. The van der Waals surface area contributed by atoms with E-state index in [9.17, 15) is 0 Å². The van der Waals surface area contributed by atoms with Gasteiger partial charge < -0.3 is 5.32 Å². The quantitative estimate of drug-likeness (QED) is 0.826. The van der Waals surface area contributed by atoms with Gasteiger partial charge in [-0.05, 0) is 49.6 Å². The highest BCUT2D eigenvalue weighted by Gasteiger charge is 2.17. The Hall–Kier alpha value is -0.0500. The molecule has 1 aliphatic heterocycles. The molecule has 0 spiro atoms. The van der Waals surface area contributed by atoms with E-state index in [1.807, 2.05) is 0 Å². The van der Waals surface area contributed by atoms with Crippen LogP contribution in [0.3, 0.4) is 0 Å². The summed E-state index contributed by atoms with van der Waals surface area (Å²) in [7, 11) is 0. The Morgan fingerprint density at radius 1 is 1.43 bits per heavy atom. The number of nitrogens with one attached hydrogen (secondary N) is 1. The topological polar surface area (TPSA) is 12.0 Å².